The van der Waals surface area contributed by atoms with Crippen LogP contribution in [-0.4, -0.2) is 61.1 Å². The van der Waals surface area contributed by atoms with Crippen LogP contribution in [0.3, 0.4) is 0 Å². The van der Waals surface area contributed by atoms with E-state index in [4.69, 9.17) is 18.3 Å². The Bertz CT molecular complexity index is 1270. The lowest BCUT2D eigenvalue weighted by Crippen LogP contribution is -2.48. The van der Waals surface area contributed by atoms with Gasteiger partial charge >= 0.3 is 0 Å². The normalized spacial score (nSPS) is 15.2. The first kappa shape index (κ1) is 21.5. The van der Waals surface area contributed by atoms with E-state index in [1.165, 1.54) is 13.2 Å². The van der Waals surface area contributed by atoms with Gasteiger partial charge in [0.2, 0.25) is 24.3 Å². The molecule has 5 rings (SSSR count). The number of nitriles is 1. The van der Waals surface area contributed by atoms with Gasteiger partial charge in [-0.05, 0) is 25.1 Å². The predicted molar refractivity (Wildman–Crippen MR) is 119 cm³/mol. The molecule has 4 heterocycles. The van der Waals surface area contributed by atoms with Gasteiger partial charge in [0.1, 0.15) is 6.07 Å². The number of carbonyl (C=O) groups is 2. The van der Waals surface area contributed by atoms with Crippen molar-refractivity contribution in [2.24, 2.45) is 0 Å². The Kier molecular flexibility index (Phi) is 5.65. The molecule has 2 aromatic heterocycles. The van der Waals surface area contributed by atoms with E-state index in [2.05, 4.69) is 16.4 Å². The number of rotatable bonds is 6. The van der Waals surface area contributed by atoms with Gasteiger partial charge in [-0.15, -0.1) is 0 Å². The maximum absolute atomic E-state index is 12.7. The summed E-state index contributed by atoms with van der Waals surface area (Å²) >= 11 is 0. The summed E-state index contributed by atoms with van der Waals surface area (Å²) in [6.45, 7) is 3.93. The molecule has 0 saturated carbocycles. The van der Waals surface area contributed by atoms with Crippen molar-refractivity contribution >= 4 is 23.3 Å². The minimum absolute atomic E-state index is 0.0794. The van der Waals surface area contributed by atoms with Crippen LogP contribution in [0.15, 0.2) is 39.4 Å². The molecule has 34 heavy (non-hydrogen) atoms. The first-order valence-electron chi connectivity index (χ1n) is 10.7. The van der Waals surface area contributed by atoms with Crippen molar-refractivity contribution < 1.29 is 27.9 Å². The highest BCUT2D eigenvalue weighted by molar-refractivity contribution is 6.05. The summed E-state index contributed by atoms with van der Waals surface area (Å²) in [7, 11) is 0. The Labute approximate surface area is 194 Å². The quantitative estimate of drug-likeness (QED) is 0.543. The summed E-state index contributed by atoms with van der Waals surface area (Å²) in [5, 5.41) is 12.3. The Hall–Kier alpha value is -4.30. The minimum Gasteiger partial charge on any atom is -0.459 e. The topological polar surface area (TPSA) is 134 Å². The van der Waals surface area contributed by atoms with Gasteiger partial charge in [0.05, 0.1) is 18.5 Å². The van der Waals surface area contributed by atoms with Gasteiger partial charge in [0, 0.05) is 37.8 Å². The van der Waals surface area contributed by atoms with Crippen LogP contribution < -0.4 is 19.7 Å². The number of carbonyl (C=O) groups excluding carboxylic acids is 2. The van der Waals surface area contributed by atoms with Crippen LogP contribution >= 0.6 is 0 Å². The zero-order valence-corrected chi connectivity index (χ0v) is 18.4. The Balaban J connectivity index is 1.21. The number of nitrogens with one attached hydrogen (secondary N) is 1. The molecule has 0 atom stereocenters. The number of nitrogens with zero attached hydrogens (tertiary/aromatic N) is 4. The molecule has 0 aliphatic carbocycles. The van der Waals surface area contributed by atoms with Gasteiger partial charge < -0.3 is 28.5 Å². The summed E-state index contributed by atoms with van der Waals surface area (Å²) < 4.78 is 21.8. The number of Topliss-reactive ketones (excluding diaryl/α,β-unsaturated/α-hetero) is 1. The van der Waals surface area contributed by atoms with Crippen LogP contribution in [0.1, 0.15) is 23.0 Å². The van der Waals surface area contributed by atoms with Gasteiger partial charge in [0.15, 0.2) is 23.0 Å². The number of ether oxygens (including phenoxy) is 2. The van der Waals surface area contributed by atoms with E-state index >= 15 is 0 Å². The molecule has 1 aromatic carbocycles. The number of anilines is 2. The molecule has 1 amide bonds. The number of furan rings is 1. The van der Waals surface area contributed by atoms with Crippen LogP contribution in [0.2, 0.25) is 0 Å². The van der Waals surface area contributed by atoms with Crippen molar-refractivity contribution in [3.8, 4) is 29.2 Å². The van der Waals surface area contributed by atoms with Gasteiger partial charge in [-0.3, -0.25) is 14.5 Å². The average Bonchev–Trinajstić information content (AvgIpc) is 3.58. The third-order valence-corrected chi connectivity index (χ3v) is 5.64. The van der Waals surface area contributed by atoms with Crippen LogP contribution in [0.4, 0.5) is 11.6 Å². The van der Waals surface area contributed by atoms with Crippen molar-refractivity contribution in [1.29, 1.82) is 5.26 Å². The number of oxazole rings is 1. The van der Waals surface area contributed by atoms with E-state index in [-0.39, 0.29) is 36.6 Å². The van der Waals surface area contributed by atoms with Gasteiger partial charge in [0.25, 0.3) is 5.89 Å². The van der Waals surface area contributed by atoms with Crippen LogP contribution in [-0.2, 0) is 4.79 Å². The maximum Gasteiger partial charge on any atom is 0.266 e. The molecule has 0 bridgehead atoms. The fourth-order valence-electron chi connectivity index (χ4n) is 3.94. The summed E-state index contributed by atoms with van der Waals surface area (Å²) in [4.78, 5) is 32.9. The molecular weight excluding hydrogens is 442 g/mol. The standard InChI is InChI=1S/C23H21N5O6/c1-14(29)15-9-19-20(33-13-32-19)10-16(15)25-21(30)12-27-4-6-28(7-5-27)23-17(11-24)26-22(34-23)18-3-2-8-31-18/h2-3,8-10H,4-7,12-13H2,1H3,(H,25,30). The largest absolute Gasteiger partial charge is 0.459 e. The lowest BCUT2D eigenvalue weighted by molar-refractivity contribution is -0.117. The molecule has 11 heteroatoms. The van der Waals surface area contributed by atoms with E-state index in [1.807, 2.05) is 9.80 Å². The van der Waals surface area contributed by atoms with Gasteiger partial charge in [-0.25, -0.2) is 0 Å². The highest BCUT2D eigenvalue weighted by Crippen LogP contribution is 2.37. The van der Waals surface area contributed by atoms with E-state index < -0.39 is 0 Å². The van der Waals surface area contributed by atoms with Crippen molar-refractivity contribution in [3.05, 3.63) is 41.8 Å². The summed E-state index contributed by atoms with van der Waals surface area (Å²) in [5.41, 5.74) is 0.951. The Morgan fingerprint density at radius 1 is 1.18 bits per heavy atom. The number of benzene rings is 1. The maximum atomic E-state index is 12.7. The fraction of sp³-hybridized carbons (Fsp3) is 0.304. The molecule has 2 aliphatic heterocycles. The Morgan fingerprint density at radius 3 is 2.62 bits per heavy atom. The molecule has 11 nitrogen and oxygen atoms in total. The van der Waals surface area contributed by atoms with Crippen molar-refractivity contribution in [2.45, 2.75) is 6.92 Å². The van der Waals surface area contributed by atoms with Crippen LogP contribution in [0, 0.1) is 11.3 Å². The fourth-order valence-corrected chi connectivity index (χ4v) is 3.94. The number of fused-ring (bicyclic) bond motifs is 1. The summed E-state index contributed by atoms with van der Waals surface area (Å²) in [6.07, 6.45) is 1.51. The van der Waals surface area contributed by atoms with Crippen LogP contribution in [0.25, 0.3) is 11.7 Å². The molecule has 1 N–H and O–H groups in total. The zero-order chi connectivity index (χ0) is 23.7. The first-order chi connectivity index (χ1) is 16.5. The average molecular weight is 463 g/mol. The summed E-state index contributed by atoms with van der Waals surface area (Å²) in [6, 6.07) is 8.69. The second kappa shape index (κ2) is 8.92. The number of amides is 1. The second-order valence-electron chi connectivity index (χ2n) is 7.88. The molecule has 0 spiro atoms. The van der Waals surface area contributed by atoms with Crippen molar-refractivity contribution in [3.63, 3.8) is 0 Å². The monoisotopic (exact) mass is 463 g/mol. The van der Waals surface area contributed by atoms with E-state index in [9.17, 15) is 14.9 Å². The molecule has 2 aliphatic rings. The lowest BCUT2D eigenvalue weighted by atomic mass is 10.1. The molecule has 3 aromatic rings. The number of hydrogen-bond donors (Lipinski definition) is 1. The van der Waals surface area contributed by atoms with Crippen LogP contribution in [0.5, 0.6) is 11.5 Å². The van der Waals surface area contributed by atoms with Crippen molar-refractivity contribution in [2.75, 3.05) is 49.7 Å². The van der Waals surface area contributed by atoms with Gasteiger partial charge in [-0.1, -0.05) is 0 Å². The van der Waals surface area contributed by atoms with E-state index in [0.29, 0.717) is 60.6 Å². The Morgan fingerprint density at radius 2 is 1.94 bits per heavy atom. The number of hydrogen-bond acceptors (Lipinski definition) is 10. The predicted octanol–water partition coefficient (Wildman–Crippen LogP) is 2.50. The van der Waals surface area contributed by atoms with E-state index in [0.717, 1.165) is 0 Å². The lowest BCUT2D eigenvalue weighted by Gasteiger charge is -2.34. The number of aromatic nitrogens is 1. The molecule has 1 fully saturated rings. The molecule has 0 unspecified atom stereocenters. The first-order valence-corrected chi connectivity index (χ1v) is 10.7. The second-order valence-corrected chi connectivity index (χ2v) is 7.88. The molecule has 1 saturated heterocycles. The van der Waals surface area contributed by atoms with Gasteiger partial charge in [-0.2, -0.15) is 10.2 Å². The van der Waals surface area contributed by atoms with E-state index in [1.54, 1.807) is 24.3 Å². The minimum atomic E-state index is -0.243. The SMILES string of the molecule is CC(=O)c1cc2c(cc1NC(=O)CN1CCN(c3oc(-c4ccco4)nc3C#N)CC1)OCO2. The highest BCUT2D eigenvalue weighted by Gasteiger charge is 2.27. The number of piperazine rings is 1. The molecule has 0 radical (unpaired) electrons. The smallest absolute Gasteiger partial charge is 0.266 e. The molecule has 174 valence electrons. The van der Waals surface area contributed by atoms with Crippen molar-refractivity contribution in [1.82, 2.24) is 9.88 Å². The molecular formula is C23H21N5O6. The zero-order valence-electron chi connectivity index (χ0n) is 18.4. The highest BCUT2D eigenvalue weighted by atomic mass is 16.7. The summed E-state index contributed by atoms with van der Waals surface area (Å²) in [5.74, 6) is 1.64. The number of ketones is 1. The third kappa shape index (κ3) is 4.18. The third-order valence-electron chi connectivity index (χ3n) is 5.64.